The third-order valence-electron chi connectivity index (χ3n) is 2.88. The number of aryl methyl sites for hydroxylation is 1. The van der Waals surface area contributed by atoms with E-state index in [-0.39, 0.29) is 11.3 Å². The molecular formula is C14H19NO4S. The maximum atomic E-state index is 12.3. The minimum atomic E-state index is -3.81. The van der Waals surface area contributed by atoms with Crippen LogP contribution in [0.2, 0.25) is 0 Å². The van der Waals surface area contributed by atoms with Crippen molar-refractivity contribution in [2.75, 3.05) is 7.11 Å². The molecule has 0 saturated heterocycles. The highest BCUT2D eigenvalue weighted by atomic mass is 32.2. The van der Waals surface area contributed by atoms with Crippen molar-refractivity contribution in [1.29, 1.82) is 0 Å². The molecule has 0 unspecified atom stereocenters. The van der Waals surface area contributed by atoms with E-state index >= 15 is 0 Å². The summed E-state index contributed by atoms with van der Waals surface area (Å²) in [5.74, 6) is -0.659. The molecule has 20 heavy (non-hydrogen) atoms. The number of methoxy groups -OCH3 is 1. The van der Waals surface area contributed by atoms with Crippen molar-refractivity contribution >= 4 is 16.0 Å². The van der Waals surface area contributed by atoms with Crippen molar-refractivity contribution in [3.05, 3.63) is 42.5 Å². The first kappa shape index (κ1) is 16.4. The molecule has 1 aromatic carbocycles. The lowest BCUT2D eigenvalue weighted by atomic mass is 10.00. The summed E-state index contributed by atoms with van der Waals surface area (Å²) in [5, 5.41) is 0. The maximum absolute atomic E-state index is 12.3. The summed E-state index contributed by atoms with van der Waals surface area (Å²) in [4.78, 5) is 11.9. The fourth-order valence-electron chi connectivity index (χ4n) is 1.75. The molecule has 1 aromatic rings. The van der Waals surface area contributed by atoms with E-state index in [0.29, 0.717) is 0 Å². The number of sulfonamides is 1. The Bertz CT molecular complexity index is 592. The minimum absolute atomic E-state index is 0.0993. The summed E-state index contributed by atoms with van der Waals surface area (Å²) in [5.41, 5.74) is -0.425. The Morgan fingerprint density at radius 1 is 1.40 bits per heavy atom. The van der Waals surface area contributed by atoms with E-state index in [0.717, 1.165) is 5.56 Å². The zero-order valence-electron chi connectivity index (χ0n) is 11.8. The highest BCUT2D eigenvalue weighted by Crippen LogP contribution is 2.18. The van der Waals surface area contributed by atoms with Crippen LogP contribution in [0.5, 0.6) is 0 Å². The second-order valence-electron chi connectivity index (χ2n) is 4.74. The van der Waals surface area contributed by atoms with Crippen LogP contribution in [0, 0.1) is 6.92 Å². The average Bonchev–Trinajstić information content (AvgIpc) is 2.37. The molecule has 0 aliphatic carbocycles. The molecule has 1 atom stereocenters. The van der Waals surface area contributed by atoms with Crippen molar-refractivity contribution in [2.24, 2.45) is 0 Å². The molecule has 0 bridgehead atoms. The number of carbonyl (C=O) groups excluding carboxylic acids is 1. The molecule has 0 spiro atoms. The second kappa shape index (κ2) is 6.19. The van der Waals surface area contributed by atoms with Gasteiger partial charge in [-0.3, -0.25) is 4.79 Å². The molecular weight excluding hydrogens is 278 g/mol. The highest BCUT2D eigenvalue weighted by Gasteiger charge is 2.37. The Morgan fingerprint density at radius 2 is 1.95 bits per heavy atom. The summed E-state index contributed by atoms with van der Waals surface area (Å²) in [7, 11) is -2.60. The molecule has 0 aromatic heterocycles. The Hall–Kier alpha value is -1.66. The van der Waals surface area contributed by atoms with Crippen molar-refractivity contribution in [1.82, 2.24) is 4.72 Å². The van der Waals surface area contributed by atoms with E-state index in [1.807, 2.05) is 6.92 Å². The van der Waals surface area contributed by atoms with Crippen LogP contribution in [0.4, 0.5) is 0 Å². The van der Waals surface area contributed by atoms with E-state index in [4.69, 9.17) is 0 Å². The van der Waals surface area contributed by atoms with E-state index in [1.165, 1.54) is 32.2 Å². The van der Waals surface area contributed by atoms with Gasteiger partial charge in [0.25, 0.3) is 0 Å². The normalized spacial score (nSPS) is 14.3. The predicted molar refractivity (Wildman–Crippen MR) is 76.7 cm³/mol. The number of esters is 1. The zero-order chi connectivity index (χ0) is 15.4. The van der Waals surface area contributed by atoms with Gasteiger partial charge in [0.15, 0.2) is 0 Å². The van der Waals surface area contributed by atoms with Crippen LogP contribution >= 0.6 is 0 Å². The van der Waals surface area contributed by atoms with Gasteiger partial charge in [-0.05, 0) is 32.4 Å². The van der Waals surface area contributed by atoms with Gasteiger partial charge in [-0.1, -0.05) is 23.8 Å². The van der Waals surface area contributed by atoms with Crippen molar-refractivity contribution in [3.8, 4) is 0 Å². The molecule has 0 aliphatic heterocycles. The number of nitrogens with one attached hydrogen (secondary N) is 1. The number of hydrogen-bond donors (Lipinski definition) is 1. The Labute approximate surface area is 119 Å². The number of benzene rings is 1. The van der Waals surface area contributed by atoms with Crippen LogP contribution in [0.25, 0.3) is 0 Å². The summed E-state index contributed by atoms with van der Waals surface area (Å²) >= 11 is 0. The zero-order valence-corrected chi connectivity index (χ0v) is 12.7. The molecule has 0 heterocycles. The molecule has 6 heteroatoms. The van der Waals surface area contributed by atoms with Gasteiger partial charge in [0.2, 0.25) is 10.0 Å². The lowest BCUT2D eigenvalue weighted by molar-refractivity contribution is -0.146. The van der Waals surface area contributed by atoms with Gasteiger partial charge >= 0.3 is 5.97 Å². The van der Waals surface area contributed by atoms with Crippen LogP contribution < -0.4 is 4.72 Å². The smallest absolute Gasteiger partial charge is 0.327 e. The lowest BCUT2D eigenvalue weighted by Crippen LogP contribution is -2.52. The van der Waals surface area contributed by atoms with Gasteiger partial charge in [-0.2, -0.15) is 4.72 Å². The SMILES string of the molecule is C=CC[C@](C)(NS(=O)(=O)c1ccc(C)cc1)C(=O)OC. The highest BCUT2D eigenvalue weighted by molar-refractivity contribution is 7.89. The molecule has 0 aliphatic rings. The van der Waals surface area contributed by atoms with Gasteiger partial charge < -0.3 is 4.74 Å². The number of rotatable bonds is 6. The van der Waals surface area contributed by atoms with Crippen molar-refractivity contribution in [2.45, 2.75) is 30.7 Å². The average molecular weight is 297 g/mol. The summed E-state index contributed by atoms with van der Waals surface area (Å²) in [6.07, 6.45) is 1.60. The van der Waals surface area contributed by atoms with Crippen LogP contribution in [0.15, 0.2) is 41.8 Å². The quantitative estimate of drug-likeness (QED) is 0.641. The molecule has 110 valence electrons. The van der Waals surface area contributed by atoms with Crippen LogP contribution in [-0.4, -0.2) is 27.0 Å². The van der Waals surface area contributed by atoms with E-state index in [9.17, 15) is 13.2 Å². The first-order valence-corrected chi connectivity index (χ1v) is 7.53. The van der Waals surface area contributed by atoms with E-state index in [2.05, 4.69) is 16.0 Å². The molecule has 0 saturated carbocycles. The number of ether oxygens (including phenoxy) is 1. The summed E-state index contributed by atoms with van der Waals surface area (Å²) in [6, 6.07) is 6.36. The Morgan fingerprint density at radius 3 is 2.40 bits per heavy atom. The predicted octanol–water partition coefficient (Wildman–Crippen LogP) is 1.78. The van der Waals surface area contributed by atoms with Gasteiger partial charge in [-0.25, -0.2) is 8.42 Å². The van der Waals surface area contributed by atoms with Gasteiger partial charge in [0.1, 0.15) is 5.54 Å². The molecule has 0 radical (unpaired) electrons. The van der Waals surface area contributed by atoms with Crippen LogP contribution in [0.3, 0.4) is 0 Å². The standard InChI is InChI=1S/C14H19NO4S/c1-5-10-14(3,13(16)19-4)15-20(17,18)12-8-6-11(2)7-9-12/h5-9,15H,1,10H2,2-4H3/t14-/m0/s1. The third-order valence-corrected chi connectivity index (χ3v) is 4.49. The molecule has 0 fully saturated rings. The monoisotopic (exact) mass is 297 g/mol. The number of carbonyl (C=O) groups is 1. The molecule has 1 N–H and O–H groups in total. The second-order valence-corrected chi connectivity index (χ2v) is 6.42. The van der Waals surface area contributed by atoms with Crippen LogP contribution in [0.1, 0.15) is 18.9 Å². The van der Waals surface area contributed by atoms with E-state index < -0.39 is 21.5 Å². The summed E-state index contributed by atoms with van der Waals surface area (Å²) < 4.78 is 31.6. The fourth-order valence-corrected chi connectivity index (χ4v) is 3.13. The molecule has 5 nitrogen and oxygen atoms in total. The molecule has 1 rings (SSSR count). The van der Waals surface area contributed by atoms with Gasteiger partial charge in [-0.15, -0.1) is 6.58 Å². The van der Waals surface area contributed by atoms with Crippen LogP contribution in [-0.2, 0) is 19.6 Å². The van der Waals surface area contributed by atoms with Gasteiger partial charge in [0.05, 0.1) is 12.0 Å². The molecule has 0 amide bonds. The third kappa shape index (κ3) is 3.68. The Balaban J connectivity index is 3.12. The van der Waals surface area contributed by atoms with E-state index in [1.54, 1.807) is 12.1 Å². The van der Waals surface area contributed by atoms with Crippen molar-refractivity contribution < 1.29 is 17.9 Å². The number of hydrogen-bond acceptors (Lipinski definition) is 4. The Kier molecular flexibility index (Phi) is 5.08. The topological polar surface area (TPSA) is 72.5 Å². The largest absolute Gasteiger partial charge is 0.468 e. The lowest BCUT2D eigenvalue weighted by Gasteiger charge is -2.26. The minimum Gasteiger partial charge on any atom is -0.468 e. The summed E-state index contributed by atoms with van der Waals surface area (Å²) in [6.45, 7) is 6.86. The van der Waals surface area contributed by atoms with Gasteiger partial charge in [0, 0.05) is 0 Å². The fraction of sp³-hybridized carbons (Fsp3) is 0.357. The van der Waals surface area contributed by atoms with Crippen molar-refractivity contribution in [3.63, 3.8) is 0 Å². The first-order chi connectivity index (χ1) is 9.25. The first-order valence-electron chi connectivity index (χ1n) is 6.05. The maximum Gasteiger partial charge on any atom is 0.327 e.